The van der Waals surface area contributed by atoms with E-state index in [-0.39, 0.29) is 0 Å². The van der Waals surface area contributed by atoms with Gasteiger partial charge in [-0.15, -0.1) is 0 Å². The van der Waals surface area contributed by atoms with Crippen molar-refractivity contribution in [3.63, 3.8) is 0 Å². The number of ether oxygens (including phenoxy) is 2. The van der Waals surface area contributed by atoms with Crippen LogP contribution in [0.4, 0.5) is 5.69 Å². The van der Waals surface area contributed by atoms with Gasteiger partial charge in [0.1, 0.15) is 0 Å². The van der Waals surface area contributed by atoms with Crippen LogP contribution in [0.2, 0.25) is 0 Å². The summed E-state index contributed by atoms with van der Waals surface area (Å²) in [5, 5.41) is 3.46. The van der Waals surface area contributed by atoms with Crippen molar-refractivity contribution in [2.45, 2.75) is 38.4 Å². The molecule has 0 radical (unpaired) electrons. The van der Waals surface area contributed by atoms with Crippen molar-refractivity contribution in [2.75, 3.05) is 25.6 Å². The second-order valence-corrected chi connectivity index (χ2v) is 4.84. The smallest absolute Gasteiger partial charge is 0.0713 e. The molecular formula is C15H23NO2. The van der Waals surface area contributed by atoms with Crippen molar-refractivity contribution in [3.8, 4) is 0 Å². The van der Waals surface area contributed by atoms with Crippen molar-refractivity contribution < 1.29 is 9.47 Å². The molecule has 0 spiro atoms. The highest BCUT2D eigenvalue weighted by atomic mass is 16.5. The van der Waals surface area contributed by atoms with Gasteiger partial charge in [0.15, 0.2) is 0 Å². The Labute approximate surface area is 109 Å². The zero-order valence-electron chi connectivity index (χ0n) is 11.2. The molecule has 1 saturated heterocycles. The molecule has 1 unspecified atom stereocenters. The quantitative estimate of drug-likeness (QED) is 0.753. The molecule has 1 aliphatic rings. The van der Waals surface area contributed by atoms with Crippen molar-refractivity contribution in [2.24, 2.45) is 0 Å². The molecular weight excluding hydrogens is 226 g/mol. The molecule has 0 aliphatic carbocycles. The van der Waals surface area contributed by atoms with E-state index >= 15 is 0 Å². The van der Waals surface area contributed by atoms with Crippen molar-refractivity contribution in [3.05, 3.63) is 29.8 Å². The summed E-state index contributed by atoms with van der Waals surface area (Å²) < 4.78 is 10.7. The van der Waals surface area contributed by atoms with Gasteiger partial charge in [-0.3, -0.25) is 0 Å². The summed E-state index contributed by atoms with van der Waals surface area (Å²) in [5.74, 6) is 0. The number of benzene rings is 1. The lowest BCUT2D eigenvalue weighted by molar-refractivity contribution is 0.103. The standard InChI is InChI=1S/C15H23NO2/c1-17-12-13-5-2-6-14(11-13)16-9-3-7-15-8-4-10-18-15/h2,5-6,11,15-16H,3-4,7-10,12H2,1H3. The fourth-order valence-corrected chi connectivity index (χ4v) is 2.37. The predicted molar refractivity (Wildman–Crippen MR) is 73.9 cm³/mol. The van der Waals surface area contributed by atoms with E-state index in [4.69, 9.17) is 9.47 Å². The number of methoxy groups -OCH3 is 1. The Bertz CT molecular complexity index is 348. The monoisotopic (exact) mass is 249 g/mol. The summed E-state index contributed by atoms with van der Waals surface area (Å²) in [6.45, 7) is 2.64. The molecule has 0 amide bonds. The van der Waals surface area contributed by atoms with Gasteiger partial charge in [-0.25, -0.2) is 0 Å². The zero-order chi connectivity index (χ0) is 12.6. The third kappa shape index (κ3) is 4.31. The maximum atomic E-state index is 5.61. The van der Waals surface area contributed by atoms with E-state index in [1.807, 2.05) is 0 Å². The minimum atomic E-state index is 0.506. The van der Waals surface area contributed by atoms with Gasteiger partial charge < -0.3 is 14.8 Å². The molecule has 1 atom stereocenters. The van der Waals surface area contributed by atoms with Crippen LogP contribution in [-0.4, -0.2) is 26.4 Å². The summed E-state index contributed by atoms with van der Waals surface area (Å²) in [7, 11) is 1.72. The van der Waals surface area contributed by atoms with Crippen molar-refractivity contribution >= 4 is 5.69 Å². The third-order valence-corrected chi connectivity index (χ3v) is 3.29. The average molecular weight is 249 g/mol. The van der Waals surface area contributed by atoms with Crippen LogP contribution in [0.1, 0.15) is 31.2 Å². The van der Waals surface area contributed by atoms with Crippen LogP contribution < -0.4 is 5.32 Å². The van der Waals surface area contributed by atoms with Gasteiger partial charge in [0.25, 0.3) is 0 Å². The summed E-state index contributed by atoms with van der Waals surface area (Å²) in [6.07, 6.45) is 5.32. The van der Waals surface area contributed by atoms with Crippen LogP contribution in [-0.2, 0) is 16.1 Å². The van der Waals surface area contributed by atoms with Crippen LogP contribution in [0.3, 0.4) is 0 Å². The minimum absolute atomic E-state index is 0.506. The van der Waals surface area contributed by atoms with Crippen LogP contribution in [0, 0.1) is 0 Å². The first-order valence-electron chi connectivity index (χ1n) is 6.82. The Hall–Kier alpha value is -1.06. The summed E-state index contributed by atoms with van der Waals surface area (Å²) in [4.78, 5) is 0. The van der Waals surface area contributed by atoms with Crippen LogP contribution in [0.25, 0.3) is 0 Å². The number of hydrogen-bond donors (Lipinski definition) is 1. The second kappa shape index (κ2) is 7.39. The van der Waals surface area contributed by atoms with Crippen LogP contribution in [0.15, 0.2) is 24.3 Å². The molecule has 0 saturated carbocycles. The first-order chi connectivity index (χ1) is 8.88. The van der Waals surface area contributed by atoms with E-state index in [1.165, 1.54) is 36.9 Å². The molecule has 1 fully saturated rings. The highest BCUT2D eigenvalue weighted by molar-refractivity contribution is 5.45. The number of hydrogen-bond acceptors (Lipinski definition) is 3. The molecule has 18 heavy (non-hydrogen) atoms. The third-order valence-electron chi connectivity index (χ3n) is 3.29. The molecule has 3 heteroatoms. The largest absolute Gasteiger partial charge is 0.385 e. The fourth-order valence-electron chi connectivity index (χ4n) is 2.37. The summed E-state index contributed by atoms with van der Waals surface area (Å²) >= 11 is 0. The average Bonchev–Trinajstić information content (AvgIpc) is 2.89. The predicted octanol–water partition coefficient (Wildman–Crippen LogP) is 3.20. The Morgan fingerprint density at radius 2 is 2.39 bits per heavy atom. The van der Waals surface area contributed by atoms with E-state index in [0.29, 0.717) is 12.7 Å². The number of nitrogens with one attached hydrogen (secondary N) is 1. The fraction of sp³-hybridized carbons (Fsp3) is 0.600. The highest BCUT2D eigenvalue weighted by Gasteiger charge is 2.14. The van der Waals surface area contributed by atoms with Gasteiger partial charge in [-0.2, -0.15) is 0 Å². The molecule has 1 aromatic rings. The Kier molecular flexibility index (Phi) is 5.49. The first-order valence-corrected chi connectivity index (χ1v) is 6.82. The zero-order valence-corrected chi connectivity index (χ0v) is 11.2. The molecule has 1 N–H and O–H groups in total. The number of anilines is 1. The normalized spacial score (nSPS) is 19.1. The lowest BCUT2D eigenvalue weighted by atomic mass is 10.1. The lowest BCUT2D eigenvalue weighted by Crippen LogP contribution is -2.09. The molecule has 1 heterocycles. The maximum Gasteiger partial charge on any atom is 0.0713 e. The van der Waals surface area contributed by atoms with Gasteiger partial charge in [0.2, 0.25) is 0 Å². The van der Waals surface area contributed by atoms with Gasteiger partial charge in [0.05, 0.1) is 12.7 Å². The van der Waals surface area contributed by atoms with Crippen LogP contribution in [0.5, 0.6) is 0 Å². The molecule has 1 aromatic carbocycles. The molecule has 0 aromatic heterocycles. The Morgan fingerprint density at radius 3 is 3.17 bits per heavy atom. The van der Waals surface area contributed by atoms with Gasteiger partial charge in [0, 0.05) is 25.9 Å². The van der Waals surface area contributed by atoms with Crippen molar-refractivity contribution in [1.82, 2.24) is 0 Å². The topological polar surface area (TPSA) is 30.5 Å². The van der Waals surface area contributed by atoms with E-state index in [9.17, 15) is 0 Å². The van der Waals surface area contributed by atoms with Crippen molar-refractivity contribution in [1.29, 1.82) is 0 Å². The lowest BCUT2D eigenvalue weighted by Gasteiger charge is -2.11. The van der Waals surface area contributed by atoms with E-state index < -0.39 is 0 Å². The van der Waals surface area contributed by atoms with E-state index in [2.05, 4.69) is 29.6 Å². The molecule has 1 aliphatic heterocycles. The van der Waals surface area contributed by atoms with Gasteiger partial charge in [-0.05, 0) is 43.4 Å². The van der Waals surface area contributed by atoms with Gasteiger partial charge in [-0.1, -0.05) is 12.1 Å². The number of rotatable bonds is 7. The van der Waals surface area contributed by atoms with E-state index in [1.54, 1.807) is 7.11 Å². The van der Waals surface area contributed by atoms with Crippen LogP contribution >= 0.6 is 0 Å². The maximum absolute atomic E-state index is 5.61. The van der Waals surface area contributed by atoms with E-state index in [0.717, 1.165) is 13.2 Å². The highest BCUT2D eigenvalue weighted by Crippen LogP contribution is 2.17. The second-order valence-electron chi connectivity index (χ2n) is 4.84. The Morgan fingerprint density at radius 1 is 1.44 bits per heavy atom. The summed E-state index contributed by atoms with van der Waals surface area (Å²) in [6, 6.07) is 8.40. The Balaban J connectivity index is 1.67. The molecule has 2 rings (SSSR count). The minimum Gasteiger partial charge on any atom is -0.385 e. The molecule has 0 bridgehead atoms. The molecule has 100 valence electrons. The molecule has 3 nitrogen and oxygen atoms in total. The van der Waals surface area contributed by atoms with Gasteiger partial charge >= 0.3 is 0 Å². The summed E-state index contributed by atoms with van der Waals surface area (Å²) in [5.41, 5.74) is 2.39. The first kappa shape index (κ1) is 13.4. The SMILES string of the molecule is COCc1cccc(NCCCC2CCCO2)c1.